The van der Waals surface area contributed by atoms with Crippen LogP contribution in [-0.4, -0.2) is 51.0 Å². The third-order valence-electron chi connectivity index (χ3n) is 7.16. The number of rotatable bonds is 9. The van der Waals surface area contributed by atoms with E-state index in [0.29, 0.717) is 30.4 Å². The van der Waals surface area contributed by atoms with Crippen molar-refractivity contribution >= 4 is 57.5 Å². The maximum absolute atomic E-state index is 13.2. The van der Waals surface area contributed by atoms with Crippen LogP contribution in [0.3, 0.4) is 0 Å². The third kappa shape index (κ3) is 6.02. The van der Waals surface area contributed by atoms with E-state index in [4.69, 9.17) is 4.99 Å². The molecule has 2 unspecified atom stereocenters. The number of benzene rings is 1. The van der Waals surface area contributed by atoms with Crippen molar-refractivity contribution in [1.29, 1.82) is 0 Å². The normalized spacial score (nSPS) is 19.8. The molecule has 1 aliphatic carbocycles. The molecule has 10 heteroatoms. The van der Waals surface area contributed by atoms with Crippen LogP contribution in [0.5, 0.6) is 0 Å². The fourth-order valence-electron chi connectivity index (χ4n) is 5.10. The van der Waals surface area contributed by atoms with E-state index in [2.05, 4.69) is 15.6 Å². The van der Waals surface area contributed by atoms with E-state index in [1.807, 2.05) is 53.6 Å². The highest BCUT2D eigenvalue weighted by atomic mass is 32.2. The van der Waals surface area contributed by atoms with Crippen LogP contribution in [0.2, 0.25) is 0 Å². The summed E-state index contributed by atoms with van der Waals surface area (Å²) in [6.45, 7) is 2.47. The zero-order valence-electron chi connectivity index (χ0n) is 21.5. The van der Waals surface area contributed by atoms with Crippen molar-refractivity contribution in [2.45, 2.75) is 82.2 Å². The number of thioether (sulfide) groups is 1. The van der Waals surface area contributed by atoms with Gasteiger partial charge in [0.25, 0.3) is 5.91 Å². The van der Waals surface area contributed by atoms with Gasteiger partial charge in [-0.2, -0.15) is 4.99 Å². The monoisotopic (exact) mass is 551 g/mol. The Morgan fingerprint density at radius 3 is 2.71 bits per heavy atom. The first-order chi connectivity index (χ1) is 18.5. The summed E-state index contributed by atoms with van der Waals surface area (Å²) in [7, 11) is 0. The predicted molar refractivity (Wildman–Crippen MR) is 153 cm³/mol. The van der Waals surface area contributed by atoms with Crippen LogP contribution in [-0.2, 0) is 20.9 Å². The second kappa shape index (κ2) is 12.3. The van der Waals surface area contributed by atoms with Crippen LogP contribution in [0.25, 0.3) is 0 Å². The molecule has 38 heavy (non-hydrogen) atoms. The van der Waals surface area contributed by atoms with Gasteiger partial charge in [0.1, 0.15) is 11.9 Å². The number of amides is 3. The lowest BCUT2D eigenvalue weighted by molar-refractivity contribution is -0.123. The van der Waals surface area contributed by atoms with Gasteiger partial charge in [-0.3, -0.25) is 19.3 Å². The average molecular weight is 552 g/mol. The lowest BCUT2D eigenvalue weighted by atomic mass is 9.95. The number of hydrogen-bond donors (Lipinski definition) is 2. The van der Waals surface area contributed by atoms with Crippen molar-refractivity contribution in [3.63, 3.8) is 0 Å². The fraction of sp³-hybridized carbons (Fsp3) is 0.464. The summed E-state index contributed by atoms with van der Waals surface area (Å²) < 4.78 is 0. The van der Waals surface area contributed by atoms with Gasteiger partial charge in [0.2, 0.25) is 11.8 Å². The number of nitrogens with one attached hydrogen (secondary N) is 2. The Morgan fingerprint density at radius 2 is 1.95 bits per heavy atom. The van der Waals surface area contributed by atoms with Crippen molar-refractivity contribution in [3.05, 3.63) is 52.2 Å². The van der Waals surface area contributed by atoms with E-state index in [-0.39, 0.29) is 35.4 Å². The van der Waals surface area contributed by atoms with E-state index in [1.54, 1.807) is 11.3 Å². The van der Waals surface area contributed by atoms with E-state index in [9.17, 15) is 14.4 Å². The highest BCUT2D eigenvalue weighted by molar-refractivity contribution is 8.15. The summed E-state index contributed by atoms with van der Waals surface area (Å²) in [6, 6.07) is 11.1. The summed E-state index contributed by atoms with van der Waals surface area (Å²) >= 11 is 2.97. The third-order valence-corrected chi connectivity index (χ3v) is 9.36. The maximum Gasteiger partial charge on any atom is 0.270 e. The topological polar surface area (TPSA) is 103 Å². The van der Waals surface area contributed by atoms with Gasteiger partial charge in [-0.1, -0.05) is 56.1 Å². The molecular formula is C28H33N5O3S2. The van der Waals surface area contributed by atoms with Crippen LogP contribution in [0, 0.1) is 0 Å². The molecule has 200 valence electrons. The van der Waals surface area contributed by atoms with Crippen molar-refractivity contribution in [2.75, 3.05) is 0 Å². The first-order valence-electron chi connectivity index (χ1n) is 13.4. The Kier molecular flexibility index (Phi) is 8.58. The van der Waals surface area contributed by atoms with Crippen LogP contribution in [0.4, 0.5) is 5.69 Å². The maximum atomic E-state index is 13.2. The minimum absolute atomic E-state index is 0.0134. The Hall–Kier alpha value is -2.98. The molecule has 8 nitrogen and oxygen atoms in total. The smallest absolute Gasteiger partial charge is 0.270 e. The lowest BCUT2D eigenvalue weighted by Gasteiger charge is -2.32. The fourth-order valence-corrected chi connectivity index (χ4v) is 6.82. The van der Waals surface area contributed by atoms with Crippen molar-refractivity contribution in [1.82, 2.24) is 15.5 Å². The molecule has 1 aromatic heterocycles. The van der Waals surface area contributed by atoms with E-state index >= 15 is 0 Å². The zero-order valence-corrected chi connectivity index (χ0v) is 23.2. The van der Waals surface area contributed by atoms with Gasteiger partial charge in [0.15, 0.2) is 5.17 Å². The lowest BCUT2D eigenvalue weighted by Crippen LogP contribution is -2.46. The molecule has 1 aromatic carbocycles. The molecule has 0 saturated heterocycles. The molecule has 1 fully saturated rings. The molecule has 5 rings (SSSR count). The van der Waals surface area contributed by atoms with Gasteiger partial charge in [-0.05, 0) is 49.3 Å². The summed E-state index contributed by atoms with van der Waals surface area (Å²) in [5, 5.41) is 8.40. The molecule has 3 aliphatic rings. The summed E-state index contributed by atoms with van der Waals surface area (Å²) in [5.74, 6) is 0.173. The number of hydrogen-bond acceptors (Lipinski definition) is 7. The number of fused-ring (bicyclic) bond motifs is 3. The Morgan fingerprint density at radius 1 is 1.13 bits per heavy atom. The molecule has 3 amide bonds. The standard InChI is InChI=1S/C28H33N5O3S2/c1-2-23(27(36)30-18-9-4-3-5-10-18)38-28-31-21-13-7-6-12-20(21)25-32-26(35)22(33(25)28)14-15-24(34)29-17-19-11-8-16-37-19/h6-8,11-13,16,18,22-23H,2-5,9-10,14-15,17H2,1H3,(H,29,34)(H,30,36). The number of para-hydroxylation sites is 1. The molecule has 1 saturated carbocycles. The van der Waals surface area contributed by atoms with Gasteiger partial charge in [-0.15, -0.1) is 11.3 Å². The van der Waals surface area contributed by atoms with Crippen LogP contribution < -0.4 is 10.6 Å². The van der Waals surface area contributed by atoms with Crippen molar-refractivity contribution in [3.8, 4) is 0 Å². The molecule has 0 bridgehead atoms. The number of aliphatic imine (C=N–C) groups is 2. The van der Waals surface area contributed by atoms with Gasteiger partial charge >= 0.3 is 0 Å². The number of thiophene rings is 1. The summed E-state index contributed by atoms with van der Waals surface area (Å²) in [6.07, 6.45) is 6.72. The molecule has 2 atom stereocenters. The van der Waals surface area contributed by atoms with Gasteiger partial charge in [0.05, 0.1) is 17.5 Å². The highest BCUT2D eigenvalue weighted by Gasteiger charge is 2.42. The minimum atomic E-state index is -0.629. The predicted octanol–water partition coefficient (Wildman–Crippen LogP) is 4.76. The summed E-state index contributed by atoms with van der Waals surface area (Å²) in [5.41, 5.74) is 1.52. The van der Waals surface area contributed by atoms with E-state index in [0.717, 1.165) is 41.8 Å². The van der Waals surface area contributed by atoms with Crippen molar-refractivity contribution in [2.24, 2.45) is 9.98 Å². The molecule has 2 N–H and O–H groups in total. The minimum Gasteiger partial charge on any atom is -0.352 e. The molecule has 0 radical (unpaired) electrons. The van der Waals surface area contributed by atoms with E-state index < -0.39 is 6.04 Å². The van der Waals surface area contributed by atoms with Gasteiger partial charge in [0, 0.05) is 22.9 Å². The number of carbonyl (C=O) groups is 3. The van der Waals surface area contributed by atoms with Crippen molar-refractivity contribution < 1.29 is 14.4 Å². The molecule has 0 spiro atoms. The largest absolute Gasteiger partial charge is 0.352 e. The number of carbonyl (C=O) groups excluding carboxylic acids is 3. The highest BCUT2D eigenvalue weighted by Crippen LogP contribution is 2.36. The van der Waals surface area contributed by atoms with E-state index in [1.165, 1.54) is 18.2 Å². The van der Waals surface area contributed by atoms with Crippen LogP contribution >= 0.6 is 23.1 Å². The SMILES string of the molecule is CCC(SC1=Nc2ccccc2C2=NC(=O)C(CCC(=O)NCc3cccs3)N12)C(=O)NC1CCCCC1. The second-order valence-electron chi connectivity index (χ2n) is 9.82. The number of amidine groups is 2. The van der Waals surface area contributed by atoms with Gasteiger partial charge < -0.3 is 10.6 Å². The molecule has 2 aliphatic heterocycles. The first kappa shape index (κ1) is 26.6. The molecular weight excluding hydrogens is 518 g/mol. The molecule has 2 aromatic rings. The Labute approximate surface area is 231 Å². The summed E-state index contributed by atoms with van der Waals surface area (Å²) in [4.78, 5) is 51.1. The average Bonchev–Trinajstić information content (AvgIpc) is 3.57. The second-order valence-corrected chi connectivity index (χ2v) is 12.0. The Bertz CT molecular complexity index is 1240. The number of nitrogens with zero attached hydrogens (tertiary/aromatic N) is 3. The van der Waals surface area contributed by atoms with Gasteiger partial charge in [-0.25, -0.2) is 4.99 Å². The molecule has 3 heterocycles. The quantitative estimate of drug-likeness (QED) is 0.468. The Balaban J connectivity index is 1.31. The zero-order chi connectivity index (χ0) is 26.5. The first-order valence-corrected chi connectivity index (χ1v) is 15.2. The van der Waals surface area contributed by atoms with Crippen LogP contribution in [0.1, 0.15) is 68.7 Å². The van der Waals surface area contributed by atoms with Crippen LogP contribution in [0.15, 0.2) is 51.8 Å².